The quantitative estimate of drug-likeness (QED) is 0.534. The van der Waals surface area contributed by atoms with E-state index < -0.39 is 28.6 Å². The summed E-state index contributed by atoms with van der Waals surface area (Å²) in [6.07, 6.45) is -2.15. The number of hydrogen-bond acceptors (Lipinski definition) is 3. The average molecular weight is 381 g/mol. The molecule has 0 aliphatic carbocycles. The van der Waals surface area contributed by atoms with Gasteiger partial charge in [-0.2, -0.15) is 13.2 Å². The molecule has 0 aromatic heterocycles. The van der Waals surface area contributed by atoms with Gasteiger partial charge in [-0.05, 0) is 31.0 Å². The number of anilines is 1. The van der Waals surface area contributed by atoms with E-state index in [9.17, 15) is 22.8 Å². The van der Waals surface area contributed by atoms with Crippen molar-refractivity contribution in [3.05, 3.63) is 28.8 Å². The van der Waals surface area contributed by atoms with Crippen molar-refractivity contribution in [2.45, 2.75) is 32.4 Å². The Morgan fingerprint density at radius 1 is 1.16 bits per heavy atom. The third kappa shape index (κ3) is 7.74. The molecule has 0 atom stereocenters. The molecule has 1 rings (SSSR count). The molecule has 0 saturated carbocycles. The molecule has 0 unspecified atom stereocenters. The van der Waals surface area contributed by atoms with Crippen molar-refractivity contribution >= 4 is 29.1 Å². The number of unbranched alkanes of at least 4 members (excludes halogenated alkanes) is 1. The van der Waals surface area contributed by atoms with Gasteiger partial charge >= 0.3 is 18.0 Å². The van der Waals surface area contributed by atoms with Crippen molar-refractivity contribution in [2.24, 2.45) is 0 Å². The third-order valence-electron chi connectivity index (χ3n) is 3.13. The Bertz CT molecular complexity index is 594. The highest BCUT2D eigenvalue weighted by Gasteiger charge is 2.33. The summed E-state index contributed by atoms with van der Waals surface area (Å²) in [4.78, 5) is 23.3. The summed E-state index contributed by atoms with van der Waals surface area (Å²) in [5, 5.41) is 3.99. The van der Waals surface area contributed by atoms with Crippen LogP contribution in [0.4, 0.5) is 18.9 Å². The molecular weight excluding hydrogens is 361 g/mol. The monoisotopic (exact) mass is 380 g/mol. The summed E-state index contributed by atoms with van der Waals surface area (Å²) in [6.45, 7) is 3.37. The molecule has 0 bridgehead atoms. The molecule has 25 heavy (non-hydrogen) atoms. The first-order valence-electron chi connectivity index (χ1n) is 7.79. The van der Waals surface area contributed by atoms with Crippen LogP contribution in [0.5, 0.6) is 0 Å². The molecule has 5 nitrogen and oxygen atoms in total. The number of nitrogens with one attached hydrogen (secondary N) is 2. The van der Waals surface area contributed by atoms with Crippen molar-refractivity contribution < 1.29 is 27.5 Å². The number of ether oxygens (including phenoxy) is 1. The summed E-state index contributed by atoms with van der Waals surface area (Å²) in [6, 6.07) is 2.87. The second kappa shape index (κ2) is 10.2. The van der Waals surface area contributed by atoms with Crippen molar-refractivity contribution in [3.8, 4) is 0 Å². The number of amides is 2. The first-order chi connectivity index (χ1) is 11.8. The van der Waals surface area contributed by atoms with E-state index in [0.717, 1.165) is 18.9 Å². The van der Waals surface area contributed by atoms with Crippen molar-refractivity contribution in [3.63, 3.8) is 0 Å². The van der Waals surface area contributed by atoms with Gasteiger partial charge in [-0.25, -0.2) is 0 Å². The van der Waals surface area contributed by atoms with Crippen LogP contribution < -0.4 is 10.6 Å². The SMILES string of the molecule is CCCCOCCCNC(=O)C(=O)Nc1ccc(Cl)c(C(F)(F)F)c1. The van der Waals surface area contributed by atoms with E-state index in [-0.39, 0.29) is 12.2 Å². The number of alkyl halides is 3. The standard InChI is InChI=1S/C16H20ClF3N2O3/c1-2-3-8-25-9-4-7-21-14(23)15(24)22-11-5-6-13(17)12(10-11)16(18,19)20/h5-6,10H,2-4,7-9H2,1H3,(H,21,23)(H,22,24). The summed E-state index contributed by atoms with van der Waals surface area (Å²) in [5.74, 6) is -1.99. The van der Waals surface area contributed by atoms with Gasteiger partial charge in [0.25, 0.3) is 0 Å². The van der Waals surface area contributed by atoms with Crippen molar-refractivity contribution in [1.29, 1.82) is 0 Å². The van der Waals surface area contributed by atoms with Gasteiger partial charge in [0.05, 0.1) is 10.6 Å². The molecule has 0 fully saturated rings. The van der Waals surface area contributed by atoms with Crippen molar-refractivity contribution in [2.75, 3.05) is 25.1 Å². The fraction of sp³-hybridized carbons (Fsp3) is 0.500. The maximum absolute atomic E-state index is 12.8. The highest BCUT2D eigenvalue weighted by atomic mass is 35.5. The molecule has 1 aromatic carbocycles. The topological polar surface area (TPSA) is 67.4 Å². The average Bonchev–Trinajstić information content (AvgIpc) is 2.54. The Hall–Kier alpha value is -1.80. The van der Waals surface area contributed by atoms with E-state index in [1.54, 1.807) is 0 Å². The fourth-order valence-electron chi connectivity index (χ4n) is 1.81. The Morgan fingerprint density at radius 2 is 1.84 bits per heavy atom. The Kier molecular flexibility index (Phi) is 8.71. The summed E-state index contributed by atoms with van der Waals surface area (Å²) in [7, 11) is 0. The first-order valence-corrected chi connectivity index (χ1v) is 8.17. The Morgan fingerprint density at radius 3 is 2.48 bits per heavy atom. The van der Waals surface area contributed by atoms with Gasteiger partial charge in [-0.1, -0.05) is 24.9 Å². The largest absolute Gasteiger partial charge is 0.417 e. The van der Waals surface area contributed by atoms with E-state index in [1.807, 2.05) is 6.92 Å². The van der Waals surface area contributed by atoms with E-state index in [1.165, 1.54) is 6.07 Å². The second-order valence-corrected chi connectivity index (χ2v) is 5.63. The van der Waals surface area contributed by atoms with Crippen LogP contribution in [-0.2, 0) is 20.5 Å². The normalized spacial score (nSPS) is 11.2. The predicted octanol–water partition coefficient (Wildman–Crippen LogP) is 3.62. The maximum atomic E-state index is 12.8. The molecule has 0 aliphatic heterocycles. The molecule has 2 amide bonds. The lowest BCUT2D eigenvalue weighted by Gasteiger charge is -2.11. The molecule has 0 radical (unpaired) electrons. The number of halogens is 4. The smallest absolute Gasteiger partial charge is 0.381 e. The number of carbonyl (C=O) groups is 2. The van der Waals surface area contributed by atoms with Crippen LogP contribution in [0.3, 0.4) is 0 Å². The molecule has 0 heterocycles. The minimum Gasteiger partial charge on any atom is -0.381 e. The molecule has 9 heteroatoms. The number of rotatable bonds is 8. The number of hydrogen-bond donors (Lipinski definition) is 2. The summed E-state index contributed by atoms with van der Waals surface area (Å²) in [5.41, 5.74) is -1.25. The lowest BCUT2D eigenvalue weighted by atomic mass is 10.2. The zero-order valence-electron chi connectivity index (χ0n) is 13.7. The molecule has 1 aromatic rings. The zero-order valence-corrected chi connectivity index (χ0v) is 14.5. The van der Waals surface area contributed by atoms with Gasteiger partial charge in [0.2, 0.25) is 0 Å². The second-order valence-electron chi connectivity index (χ2n) is 5.22. The summed E-state index contributed by atoms with van der Waals surface area (Å²) >= 11 is 5.49. The molecule has 2 N–H and O–H groups in total. The van der Waals surface area contributed by atoms with Crippen LogP contribution in [0.25, 0.3) is 0 Å². The van der Waals surface area contributed by atoms with Gasteiger partial charge in [-0.15, -0.1) is 0 Å². The molecule has 0 spiro atoms. The van der Waals surface area contributed by atoms with Crippen LogP contribution >= 0.6 is 11.6 Å². The third-order valence-corrected chi connectivity index (χ3v) is 3.46. The van der Waals surface area contributed by atoms with E-state index in [0.29, 0.717) is 25.7 Å². The van der Waals surface area contributed by atoms with E-state index in [4.69, 9.17) is 16.3 Å². The van der Waals surface area contributed by atoms with Gasteiger partial charge in [0, 0.05) is 25.4 Å². The molecular formula is C16H20ClF3N2O3. The number of carbonyl (C=O) groups excluding carboxylic acids is 2. The van der Waals surface area contributed by atoms with Crippen LogP contribution in [0, 0.1) is 0 Å². The summed E-state index contributed by atoms with van der Waals surface area (Å²) < 4.78 is 43.6. The fourth-order valence-corrected chi connectivity index (χ4v) is 2.04. The number of benzene rings is 1. The molecule has 140 valence electrons. The van der Waals surface area contributed by atoms with Gasteiger partial charge in [-0.3, -0.25) is 9.59 Å². The lowest BCUT2D eigenvalue weighted by Crippen LogP contribution is -2.36. The Labute approximate surface area is 148 Å². The minimum absolute atomic E-state index is 0.167. The zero-order chi connectivity index (χ0) is 18.9. The predicted molar refractivity (Wildman–Crippen MR) is 88.4 cm³/mol. The highest BCUT2D eigenvalue weighted by Crippen LogP contribution is 2.36. The molecule has 0 aliphatic rings. The molecule has 0 saturated heterocycles. The maximum Gasteiger partial charge on any atom is 0.417 e. The highest BCUT2D eigenvalue weighted by molar-refractivity contribution is 6.39. The van der Waals surface area contributed by atoms with E-state index >= 15 is 0 Å². The minimum atomic E-state index is -4.65. The van der Waals surface area contributed by atoms with Crippen LogP contribution in [0.2, 0.25) is 5.02 Å². The van der Waals surface area contributed by atoms with Crippen LogP contribution in [0.15, 0.2) is 18.2 Å². The Balaban J connectivity index is 2.44. The van der Waals surface area contributed by atoms with Gasteiger partial charge < -0.3 is 15.4 Å². The van der Waals surface area contributed by atoms with E-state index in [2.05, 4.69) is 10.6 Å². The van der Waals surface area contributed by atoms with Crippen LogP contribution in [0.1, 0.15) is 31.7 Å². The van der Waals surface area contributed by atoms with Crippen molar-refractivity contribution in [1.82, 2.24) is 5.32 Å². The van der Waals surface area contributed by atoms with Crippen LogP contribution in [-0.4, -0.2) is 31.6 Å². The van der Waals surface area contributed by atoms with Gasteiger partial charge in [0.1, 0.15) is 0 Å². The first kappa shape index (κ1) is 21.2. The van der Waals surface area contributed by atoms with Gasteiger partial charge in [0.15, 0.2) is 0 Å². The lowest BCUT2D eigenvalue weighted by molar-refractivity contribution is -0.137.